The van der Waals surface area contributed by atoms with Gasteiger partial charge in [0.15, 0.2) is 0 Å². The molecule has 0 spiro atoms. The molecule has 2 aromatic carbocycles. The van der Waals surface area contributed by atoms with Gasteiger partial charge in [-0.25, -0.2) is 4.39 Å². The molecule has 1 atom stereocenters. The van der Waals surface area contributed by atoms with E-state index < -0.39 is 0 Å². The molecule has 0 amide bonds. The van der Waals surface area contributed by atoms with Crippen LogP contribution in [0.4, 0.5) is 4.39 Å². The van der Waals surface area contributed by atoms with Gasteiger partial charge in [-0.15, -0.1) is 0 Å². The summed E-state index contributed by atoms with van der Waals surface area (Å²) in [7, 11) is 0. The Morgan fingerprint density at radius 1 is 1.05 bits per heavy atom. The lowest BCUT2D eigenvalue weighted by atomic mass is 10.0. The van der Waals surface area contributed by atoms with Crippen LogP contribution in [0.3, 0.4) is 0 Å². The van der Waals surface area contributed by atoms with Crippen LogP contribution in [0.1, 0.15) is 18.1 Å². The van der Waals surface area contributed by atoms with E-state index in [1.807, 2.05) is 31.3 Å². The van der Waals surface area contributed by atoms with Gasteiger partial charge in [0.25, 0.3) is 0 Å². The summed E-state index contributed by atoms with van der Waals surface area (Å²) in [6.07, 6.45) is 2.86. The molecule has 3 rings (SSSR count). The topological polar surface area (TPSA) is 30.9 Å². The molecule has 0 saturated carbocycles. The predicted molar refractivity (Wildman–Crippen MR) is 84.8 cm³/mol. The summed E-state index contributed by atoms with van der Waals surface area (Å²) in [5.41, 5.74) is 8.98. The van der Waals surface area contributed by atoms with Crippen molar-refractivity contribution in [1.82, 2.24) is 4.57 Å². The predicted octanol–water partition coefficient (Wildman–Crippen LogP) is 3.72. The molecule has 2 nitrogen and oxygen atoms in total. The Hall–Kier alpha value is -2.13. The molecule has 0 aliphatic carbocycles. The Morgan fingerprint density at radius 2 is 1.81 bits per heavy atom. The van der Waals surface area contributed by atoms with Crippen molar-refractivity contribution >= 4 is 10.9 Å². The molecule has 1 unspecified atom stereocenters. The molecule has 0 saturated heterocycles. The number of hydrogen-bond acceptors (Lipinski definition) is 1. The van der Waals surface area contributed by atoms with E-state index in [-0.39, 0.29) is 11.9 Å². The first kappa shape index (κ1) is 13.8. The van der Waals surface area contributed by atoms with Crippen molar-refractivity contribution in [3.05, 3.63) is 71.7 Å². The van der Waals surface area contributed by atoms with Gasteiger partial charge in [0.05, 0.1) is 6.54 Å². The standard InChI is InChI=1S/C18H19FN2/c1-13(20)11-14-6-4-8-18-16(14)9-10-21(18)12-15-5-2-3-7-17(15)19/h2-10,13H,11-12,20H2,1H3. The minimum atomic E-state index is -0.161. The van der Waals surface area contributed by atoms with Crippen LogP contribution in [0.15, 0.2) is 54.7 Å². The molecule has 0 bridgehead atoms. The van der Waals surface area contributed by atoms with Crippen molar-refractivity contribution in [2.75, 3.05) is 0 Å². The monoisotopic (exact) mass is 282 g/mol. The third kappa shape index (κ3) is 2.83. The molecule has 0 fully saturated rings. The number of hydrogen-bond donors (Lipinski definition) is 1. The summed E-state index contributed by atoms with van der Waals surface area (Å²) in [6.45, 7) is 2.55. The number of nitrogens with two attached hydrogens (primary N) is 1. The lowest BCUT2D eigenvalue weighted by molar-refractivity contribution is 0.602. The summed E-state index contributed by atoms with van der Waals surface area (Å²) in [5.74, 6) is -0.161. The minimum Gasteiger partial charge on any atom is -0.343 e. The van der Waals surface area contributed by atoms with E-state index in [0.717, 1.165) is 11.9 Å². The molecular formula is C18H19FN2. The van der Waals surface area contributed by atoms with Crippen molar-refractivity contribution in [2.24, 2.45) is 5.73 Å². The normalized spacial score (nSPS) is 12.7. The molecule has 0 aliphatic rings. The molecule has 21 heavy (non-hydrogen) atoms. The fourth-order valence-corrected chi connectivity index (χ4v) is 2.76. The lowest BCUT2D eigenvalue weighted by Crippen LogP contribution is -2.17. The van der Waals surface area contributed by atoms with Gasteiger partial charge in [-0.2, -0.15) is 0 Å². The Balaban J connectivity index is 1.99. The number of aromatic nitrogens is 1. The first-order valence-electron chi connectivity index (χ1n) is 7.21. The summed E-state index contributed by atoms with van der Waals surface area (Å²) < 4.78 is 15.9. The number of fused-ring (bicyclic) bond motifs is 1. The van der Waals surface area contributed by atoms with Crippen molar-refractivity contribution in [1.29, 1.82) is 0 Å². The van der Waals surface area contributed by atoms with Crippen LogP contribution in [0, 0.1) is 5.82 Å². The van der Waals surface area contributed by atoms with Gasteiger partial charge in [0, 0.05) is 28.7 Å². The van der Waals surface area contributed by atoms with Crippen molar-refractivity contribution in [2.45, 2.75) is 25.9 Å². The highest BCUT2D eigenvalue weighted by Crippen LogP contribution is 2.22. The van der Waals surface area contributed by atoms with Crippen LogP contribution in [-0.4, -0.2) is 10.6 Å². The van der Waals surface area contributed by atoms with E-state index in [1.165, 1.54) is 17.0 Å². The Labute approximate surface area is 124 Å². The van der Waals surface area contributed by atoms with Crippen LogP contribution < -0.4 is 5.73 Å². The highest BCUT2D eigenvalue weighted by molar-refractivity contribution is 5.83. The summed E-state index contributed by atoms with van der Waals surface area (Å²) in [4.78, 5) is 0. The number of benzene rings is 2. The van der Waals surface area contributed by atoms with E-state index in [9.17, 15) is 4.39 Å². The number of nitrogens with zero attached hydrogens (tertiary/aromatic N) is 1. The molecular weight excluding hydrogens is 263 g/mol. The summed E-state index contributed by atoms with van der Waals surface area (Å²) in [5, 5.41) is 1.20. The molecule has 0 aliphatic heterocycles. The zero-order valence-electron chi connectivity index (χ0n) is 12.1. The average molecular weight is 282 g/mol. The van der Waals surface area contributed by atoms with Crippen molar-refractivity contribution in [3.63, 3.8) is 0 Å². The molecule has 0 radical (unpaired) electrons. The van der Waals surface area contributed by atoms with E-state index >= 15 is 0 Å². The second-order valence-electron chi connectivity index (χ2n) is 5.57. The Bertz CT molecular complexity index is 759. The van der Waals surface area contributed by atoms with Crippen LogP contribution in [0.5, 0.6) is 0 Å². The zero-order valence-corrected chi connectivity index (χ0v) is 12.1. The highest BCUT2D eigenvalue weighted by atomic mass is 19.1. The first-order valence-corrected chi connectivity index (χ1v) is 7.21. The molecule has 1 aromatic heterocycles. The van der Waals surface area contributed by atoms with Gasteiger partial charge in [0.1, 0.15) is 5.82 Å². The fourth-order valence-electron chi connectivity index (χ4n) is 2.76. The molecule has 3 aromatic rings. The van der Waals surface area contributed by atoms with Crippen LogP contribution in [0.2, 0.25) is 0 Å². The molecule has 108 valence electrons. The molecule has 2 N–H and O–H groups in total. The van der Waals surface area contributed by atoms with Gasteiger partial charge in [-0.1, -0.05) is 30.3 Å². The summed E-state index contributed by atoms with van der Waals surface area (Å²) >= 11 is 0. The van der Waals surface area contributed by atoms with Gasteiger partial charge >= 0.3 is 0 Å². The highest BCUT2D eigenvalue weighted by Gasteiger charge is 2.09. The van der Waals surface area contributed by atoms with E-state index in [2.05, 4.69) is 22.8 Å². The fraction of sp³-hybridized carbons (Fsp3) is 0.222. The second kappa shape index (κ2) is 5.70. The van der Waals surface area contributed by atoms with Crippen molar-refractivity contribution in [3.8, 4) is 0 Å². The maximum absolute atomic E-state index is 13.8. The Morgan fingerprint density at radius 3 is 2.57 bits per heavy atom. The SMILES string of the molecule is CC(N)Cc1cccc2c1ccn2Cc1ccccc1F. The molecule has 1 heterocycles. The Kier molecular flexibility index (Phi) is 3.76. The largest absolute Gasteiger partial charge is 0.343 e. The van der Waals surface area contributed by atoms with Crippen molar-refractivity contribution < 1.29 is 4.39 Å². The maximum Gasteiger partial charge on any atom is 0.128 e. The second-order valence-corrected chi connectivity index (χ2v) is 5.57. The van der Waals surface area contributed by atoms with E-state index in [0.29, 0.717) is 12.1 Å². The van der Waals surface area contributed by atoms with Gasteiger partial charge < -0.3 is 10.3 Å². The first-order chi connectivity index (χ1) is 10.1. The third-order valence-corrected chi connectivity index (χ3v) is 3.74. The average Bonchev–Trinajstić information content (AvgIpc) is 2.85. The van der Waals surface area contributed by atoms with Gasteiger partial charge in [-0.05, 0) is 37.1 Å². The van der Waals surface area contributed by atoms with E-state index in [4.69, 9.17) is 5.73 Å². The maximum atomic E-state index is 13.8. The number of halogens is 1. The lowest BCUT2D eigenvalue weighted by Gasteiger charge is -2.09. The van der Waals surface area contributed by atoms with Crippen LogP contribution >= 0.6 is 0 Å². The van der Waals surface area contributed by atoms with Crippen LogP contribution in [-0.2, 0) is 13.0 Å². The minimum absolute atomic E-state index is 0.130. The van der Waals surface area contributed by atoms with E-state index in [1.54, 1.807) is 6.07 Å². The zero-order chi connectivity index (χ0) is 14.8. The quantitative estimate of drug-likeness (QED) is 0.777. The van der Waals surface area contributed by atoms with Crippen LogP contribution in [0.25, 0.3) is 10.9 Å². The third-order valence-electron chi connectivity index (χ3n) is 3.74. The molecule has 3 heteroatoms. The van der Waals surface area contributed by atoms with Gasteiger partial charge in [0.2, 0.25) is 0 Å². The summed E-state index contributed by atoms with van der Waals surface area (Å²) in [6, 6.07) is 15.4. The smallest absolute Gasteiger partial charge is 0.128 e. The van der Waals surface area contributed by atoms with Gasteiger partial charge in [-0.3, -0.25) is 0 Å². The number of rotatable bonds is 4.